The predicted octanol–water partition coefficient (Wildman–Crippen LogP) is 4.77. The summed E-state index contributed by atoms with van der Waals surface area (Å²) < 4.78 is 5.48. The summed E-state index contributed by atoms with van der Waals surface area (Å²) in [5.74, 6) is 2.12. The molecule has 166 valence electrons. The molecule has 0 saturated carbocycles. The number of aliphatic imine (C=N–C) groups is 1. The number of benzene rings is 1. The Hall–Kier alpha value is -1.91. The molecule has 1 aromatic carbocycles. The van der Waals surface area contributed by atoms with E-state index in [2.05, 4.69) is 50.2 Å². The molecular formula is C23H30IN5OS. The molecular weight excluding hydrogens is 521 g/mol. The van der Waals surface area contributed by atoms with Gasteiger partial charge >= 0.3 is 0 Å². The van der Waals surface area contributed by atoms with Crippen LogP contribution in [-0.4, -0.2) is 43.2 Å². The van der Waals surface area contributed by atoms with Gasteiger partial charge in [0.2, 0.25) is 0 Å². The Morgan fingerprint density at radius 2 is 2.06 bits per heavy atom. The van der Waals surface area contributed by atoms with Crippen LogP contribution in [0.5, 0.6) is 0 Å². The Kier molecular flexibility index (Phi) is 8.91. The van der Waals surface area contributed by atoms with E-state index in [4.69, 9.17) is 4.52 Å². The first-order chi connectivity index (χ1) is 14.7. The molecule has 1 saturated heterocycles. The van der Waals surface area contributed by atoms with Gasteiger partial charge < -0.3 is 15.2 Å². The summed E-state index contributed by atoms with van der Waals surface area (Å²) in [6.07, 6.45) is 2.46. The van der Waals surface area contributed by atoms with Gasteiger partial charge in [-0.3, -0.25) is 9.89 Å². The van der Waals surface area contributed by atoms with Crippen LogP contribution in [0.25, 0.3) is 11.3 Å². The molecule has 6 nitrogen and oxygen atoms in total. The van der Waals surface area contributed by atoms with Gasteiger partial charge in [-0.2, -0.15) is 0 Å². The van der Waals surface area contributed by atoms with Gasteiger partial charge in [0, 0.05) is 36.1 Å². The predicted molar refractivity (Wildman–Crippen MR) is 138 cm³/mol. The van der Waals surface area contributed by atoms with Gasteiger partial charge in [0.05, 0.1) is 6.54 Å². The normalized spacial score (nSPS) is 19.6. The monoisotopic (exact) mass is 551 g/mol. The molecule has 2 atom stereocenters. The van der Waals surface area contributed by atoms with Gasteiger partial charge in [0.15, 0.2) is 11.7 Å². The van der Waals surface area contributed by atoms with Gasteiger partial charge in [0.25, 0.3) is 0 Å². The molecule has 2 aromatic heterocycles. The fourth-order valence-corrected chi connectivity index (χ4v) is 5.12. The molecule has 8 heteroatoms. The molecule has 0 amide bonds. The van der Waals surface area contributed by atoms with Gasteiger partial charge in [-0.25, -0.2) is 0 Å². The number of aromatic nitrogens is 1. The molecule has 0 spiro atoms. The minimum absolute atomic E-state index is 0. The smallest absolute Gasteiger partial charge is 0.191 e. The van der Waals surface area contributed by atoms with Crippen molar-refractivity contribution in [3.63, 3.8) is 0 Å². The number of rotatable bonds is 6. The molecule has 0 bridgehead atoms. The maximum atomic E-state index is 5.48. The van der Waals surface area contributed by atoms with Crippen LogP contribution >= 0.6 is 35.3 Å². The van der Waals surface area contributed by atoms with E-state index in [9.17, 15) is 0 Å². The van der Waals surface area contributed by atoms with E-state index in [1.807, 2.05) is 47.7 Å². The van der Waals surface area contributed by atoms with Crippen molar-refractivity contribution in [1.82, 2.24) is 20.7 Å². The third kappa shape index (κ3) is 6.08. The number of nitrogens with zero attached hydrogens (tertiary/aromatic N) is 3. The second-order valence-corrected chi connectivity index (χ2v) is 8.68. The van der Waals surface area contributed by atoms with Crippen LogP contribution in [-0.2, 0) is 6.54 Å². The lowest BCUT2D eigenvalue weighted by Gasteiger charge is -2.39. The number of thiophene rings is 1. The van der Waals surface area contributed by atoms with E-state index < -0.39 is 0 Å². The molecule has 1 fully saturated rings. The summed E-state index contributed by atoms with van der Waals surface area (Å²) in [4.78, 5) is 8.32. The van der Waals surface area contributed by atoms with Crippen molar-refractivity contribution in [3.05, 3.63) is 64.5 Å². The van der Waals surface area contributed by atoms with Crippen LogP contribution in [0.3, 0.4) is 0 Å². The first-order valence-corrected chi connectivity index (χ1v) is 11.3. The lowest BCUT2D eigenvalue weighted by Crippen LogP contribution is -2.44. The van der Waals surface area contributed by atoms with E-state index in [1.165, 1.54) is 17.7 Å². The van der Waals surface area contributed by atoms with Crippen molar-refractivity contribution < 1.29 is 4.52 Å². The average Bonchev–Trinajstić information content (AvgIpc) is 3.47. The molecule has 3 heterocycles. The van der Waals surface area contributed by atoms with Crippen molar-refractivity contribution in [3.8, 4) is 11.3 Å². The third-order valence-electron chi connectivity index (χ3n) is 5.65. The highest BCUT2D eigenvalue weighted by Crippen LogP contribution is 2.36. The molecule has 0 aliphatic carbocycles. The van der Waals surface area contributed by atoms with Crippen LogP contribution in [0.4, 0.5) is 0 Å². The number of nitrogens with one attached hydrogen (secondary N) is 2. The van der Waals surface area contributed by atoms with Crippen molar-refractivity contribution in [2.45, 2.75) is 25.4 Å². The zero-order valence-corrected chi connectivity index (χ0v) is 21.1. The summed E-state index contributed by atoms with van der Waals surface area (Å²) in [7, 11) is 4.04. The fourth-order valence-electron chi connectivity index (χ4n) is 4.14. The molecule has 1 aliphatic rings. The number of hydrogen-bond donors (Lipinski definition) is 2. The molecule has 1 aliphatic heterocycles. The fraction of sp³-hybridized carbons (Fsp3) is 0.391. The van der Waals surface area contributed by atoms with E-state index in [1.54, 1.807) is 7.05 Å². The van der Waals surface area contributed by atoms with Crippen molar-refractivity contribution in [2.75, 3.05) is 27.2 Å². The Morgan fingerprint density at radius 1 is 1.23 bits per heavy atom. The zero-order valence-electron chi connectivity index (χ0n) is 18.0. The highest BCUT2D eigenvalue weighted by atomic mass is 127. The Morgan fingerprint density at radius 3 is 2.81 bits per heavy atom. The second kappa shape index (κ2) is 11.6. The first kappa shape index (κ1) is 23.7. The Labute approximate surface area is 205 Å². The first-order valence-electron chi connectivity index (χ1n) is 10.4. The molecule has 31 heavy (non-hydrogen) atoms. The van der Waals surface area contributed by atoms with Gasteiger partial charge in [-0.05, 0) is 43.8 Å². The van der Waals surface area contributed by atoms with E-state index in [0.717, 1.165) is 36.1 Å². The Balaban J connectivity index is 0.00000272. The highest BCUT2D eigenvalue weighted by Gasteiger charge is 2.31. The minimum atomic E-state index is 0. The third-order valence-corrected chi connectivity index (χ3v) is 6.59. The van der Waals surface area contributed by atoms with Gasteiger partial charge in [-0.1, -0.05) is 41.6 Å². The zero-order chi connectivity index (χ0) is 20.8. The molecule has 3 aromatic rings. The molecule has 0 radical (unpaired) electrons. The van der Waals surface area contributed by atoms with Crippen molar-refractivity contribution in [2.24, 2.45) is 10.9 Å². The summed E-state index contributed by atoms with van der Waals surface area (Å²) in [6, 6.07) is 16.9. The van der Waals surface area contributed by atoms with Gasteiger partial charge in [0.1, 0.15) is 5.69 Å². The summed E-state index contributed by atoms with van der Waals surface area (Å²) in [6.45, 7) is 2.61. The SMILES string of the molecule is CN=C(NCc1cc(-c2ccccc2)on1)NCC1CCCN(C)C1c1cccs1.I. The topological polar surface area (TPSA) is 65.7 Å². The van der Waals surface area contributed by atoms with E-state index in [-0.39, 0.29) is 24.0 Å². The molecule has 2 unspecified atom stereocenters. The minimum Gasteiger partial charge on any atom is -0.356 e. The standard InChI is InChI=1S/C23H29N5OS.HI/c1-24-23(26-16-19-14-20(29-27-19)17-8-4-3-5-9-17)25-15-18-10-6-12-28(2)22(18)21-11-7-13-30-21;/h3-5,7-9,11,13-14,18,22H,6,10,12,15-16H2,1-2H3,(H2,24,25,26);1H. The second-order valence-electron chi connectivity index (χ2n) is 7.70. The quantitative estimate of drug-likeness (QED) is 0.263. The lowest BCUT2D eigenvalue weighted by molar-refractivity contribution is 0.125. The largest absolute Gasteiger partial charge is 0.356 e. The van der Waals surface area contributed by atoms with Crippen molar-refractivity contribution in [1.29, 1.82) is 0 Å². The highest BCUT2D eigenvalue weighted by molar-refractivity contribution is 14.0. The van der Waals surface area contributed by atoms with E-state index in [0.29, 0.717) is 18.5 Å². The van der Waals surface area contributed by atoms with Crippen LogP contribution in [0, 0.1) is 5.92 Å². The average molecular weight is 551 g/mol. The molecule has 2 N–H and O–H groups in total. The summed E-state index contributed by atoms with van der Waals surface area (Å²) >= 11 is 1.85. The maximum Gasteiger partial charge on any atom is 0.191 e. The van der Waals surface area contributed by atoms with Crippen LogP contribution in [0.15, 0.2) is 63.4 Å². The number of guanidine groups is 1. The van der Waals surface area contributed by atoms with Crippen LogP contribution < -0.4 is 10.6 Å². The van der Waals surface area contributed by atoms with Crippen LogP contribution in [0.1, 0.15) is 29.5 Å². The van der Waals surface area contributed by atoms with Crippen LogP contribution in [0.2, 0.25) is 0 Å². The number of piperidine rings is 1. The summed E-state index contributed by atoms with van der Waals surface area (Å²) in [5.41, 5.74) is 1.88. The molecule has 4 rings (SSSR count). The number of hydrogen-bond acceptors (Lipinski definition) is 5. The summed E-state index contributed by atoms with van der Waals surface area (Å²) in [5, 5.41) is 13.2. The number of halogens is 1. The van der Waals surface area contributed by atoms with Crippen molar-refractivity contribution >= 4 is 41.3 Å². The number of likely N-dealkylation sites (tertiary alicyclic amines) is 1. The van der Waals surface area contributed by atoms with E-state index >= 15 is 0 Å². The Bertz CT molecular complexity index is 944. The maximum absolute atomic E-state index is 5.48. The lowest BCUT2D eigenvalue weighted by atomic mass is 9.88. The van der Waals surface area contributed by atoms with Gasteiger partial charge in [-0.15, -0.1) is 35.3 Å².